The minimum absolute atomic E-state index is 0.0924. The lowest BCUT2D eigenvalue weighted by Crippen LogP contribution is -2.27. The van der Waals surface area contributed by atoms with E-state index >= 15 is 0 Å². The van der Waals surface area contributed by atoms with Gasteiger partial charge < -0.3 is 10.6 Å². The quantitative estimate of drug-likeness (QED) is 0.854. The number of rotatable bonds is 5. The Kier molecular flexibility index (Phi) is 4.97. The van der Waals surface area contributed by atoms with Crippen molar-refractivity contribution < 1.29 is 4.79 Å². The molecule has 2 N–H and O–H groups in total. The van der Waals surface area contributed by atoms with Crippen LogP contribution in [0.2, 0.25) is 0 Å². The summed E-state index contributed by atoms with van der Waals surface area (Å²) in [7, 11) is 0. The Hall–Kier alpha value is -1.35. The topological polar surface area (TPSA) is 41.1 Å². The molecule has 0 aliphatic carbocycles. The standard InChI is InChI=1S/C16H24N2O/c1-12-3-6-15(7-4-12)13(2)18-16(19)8-5-14-9-10-17-11-14/h3-4,6-7,13-14,17H,5,8-11H2,1-2H3,(H,18,19)/t13-,14?/m0/s1. The summed E-state index contributed by atoms with van der Waals surface area (Å²) >= 11 is 0. The number of amides is 1. The SMILES string of the molecule is Cc1ccc([C@H](C)NC(=O)CCC2CCNC2)cc1. The highest BCUT2D eigenvalue weighted by atomic mass is 16.1. The first-order valence-electron chi connectivity index (χ1n) is 7.22. The van der Waals surface area contributed by atoms with Crippen molar-refractivity contribution in [2.24, 2.45) is 5.92 Å². The van der Waals surface area contributed by atoms with E-state index in [2.05, 4.69) is 41.8 Å². The van der Waals surface area contributed by atoms with Crippen LogP contribution in [0.5, 0.6) is 0 Å². The third-order valence-electron chi connectivity index (χ3n) is 3.90. The van der Waals surface area contributed by atoms with Crippen molar-refractivity contribution in [3.63, 3.8) is 0 Å². The van der Waals surface area contributed by atoms with Crippen LogP contribution in [0, 0.1) is 12.8 Å². The number of carbonyl (C=O) groups is 1. The molecule has 1 aliphatic heterocycles. The monoisotopic (exact) mass is 260 g/mol. The average molecular weight is 260 g/mol. The van der Waals surface area contributed by atoms with Crippen molar-refractivity contribution in [2.75, 3.05) is 13.1 Å². The molecular formula is C16H24N2O. The van der Waals surface area contributed by atoms with Crippen molar-refractivity contribution >= 4 is 5.91 Å². The van der Waals surface area contributed by atoms with Gasteiger partial charge in [0.15, 0.2) is 0 Å². The molecule has 3 heteroatoms. The number of carbonyl (C=O) groups excluding carboxylic acids is 1. The summed E-state index contributed by atoms with van der Waals surface area (Å²) in [5.41, 5.74) is 2.41. The van der Waals surface area contributed by atoms with Gasteiger partial charge in [-0.15, -0.1) is 0 Å². The predicted molar refractivity (Wildman–Crippen MR) is 77.9 cm³/mol. The van der Waals surface area contributed by atoms with Crippen LogP contribution in [0.3, 0.4) is 0 Å². The normalized spacial score (nSPS) is 20.2. The Morgan fingerprint density at radius 1 is 1.42 bits per heavy atom. The molecule has 1 amide bonds. The molecule has 0 spiro atoms. The Labute approximate surface area is 115 Å². The molecule has 1 aliphatic rings. The molecule has 19 heavy (non-hydrogen) atoms. The van der Waals surface area contributed by atoms with Crippen molar-refractivity contribution in [3.8, 4) is 0 Å². The summed E-state index contributed by atoms with van der Waals surface area (Å²) in [4.78, 5) is 11.9. The van der Waals surface area contributed by atoms with Gasteiger partial charge in [-0.05, 0) is 51.3 Å². The maximum Gasteiger partial charge on any atom is 0.220 e. The van der Waals surface area contributed by atoms with E-state index in [0.717, 1.165) is 19.5 Å². The molecule has 1 aromatic carbocycles. The molecule has 104 valence electrons. The second-order valence-corrected chi connectivity index (χ2v) is 5.60. The fourth-order valence-electron chi connectivity index (χ4n) is 2.55. The lowest BCUT2D eigenvalue weighted by atomic mass is 10.0. The van der Waals surface area contributed by atoms with Gasteiger partial charge in [0.05, 0.1) is 6.04 Å². The lowest BCUT2D eigenvalue weighted by molar-refractivity contribution is -0.122. The fourth-order valence-corrected chi connectivity index (χ4v) is 2.55. The number of hydrogen-bond acceptors (Lipinski definition) is 2. The average Bonchev–Trinajstić information content (AvgIpc) is 2.90. The molecule has 0 bridgehead atoms. The van der Waals surface area contributed by atoms with E-state index in [1.54, 1.807) is 0 Å². The molecule has 0 radical (unpaired) electrons. The number of aryl methyl sites for hydroxylation is 1. The van der Waals surface area contributed by atoms with Gasteiger partial charge in [0, 0.05) is 6.42 Å². The van der Waals surface area contributed by atoms with Crippen molar-refractivity contribution in [1.29, 1.82) is 0 Å². The fraction of sp³-hybridized carbons (Fsp3) is 0.562. The minimum Gasteiger partial charge on any atom is -0.350 e. The van der Waals surface area contributed by atoms with Crippen LogP contribution in [0.4, 0.5) is 0 Å². The third kappa shape index (κ3) is 4.35. The predicted octanol–water partition coefficient (Wildman–Crippen LogP) is 2.56. The van der Waals surface area contributed by atoms with E-state index in [4.69, 9.17) is 0 Å². The number of benzene rings is 1. The van der Waals surface area contributed by atoms with Gasteiger partial charge in [0.2, 0.25) is 5.91 Å². The van der Waals surface area contributed by atoms with Gasteiger partial charge >= 0.3 is 0 Å². The maximum atomic E-state index is 11.9. The largest absolute Gasteiger partial charge is 0.350 e. The molecule has 1 unspecified atom stereocenters. The Morgan fingerprint density at radius 2 is 2.16 bits per heavy atom. The molecule has 2 atom stereocenters. The Morgan fingerprint density at radius 3 is 2.79 bits per heavy atom. The summed E-state index contributed by atoms with van der Waals surface area (Å²) < 4.78 is 0. The van der Waals surface area contributed by atoms with Crippen LogP contribution >= 0.6 is 0 Å². The van der Waals surface area contributed by atoms with E-state index in [1.807, 2.05) is 6.92 Å². The Balaban J connectivity index is 1.76. The van der Waals surface area contributed by atoms with E-state index in [1.165, 1.54) is 17.5 Å². The zero-order chi connectivity index (χ0) is 13.7. The van der Waals surface area contributed by atoms with Crippen LogP contribution in [-0.2, 0) is 4.79 Å². The molecule has 1 aromatic rings. The number of nitrogens with one attached hydrogen (secondary N) is 2. The third-order valence-corrected chi connectivity index (χ3v) is 3.90. The highest BCUT2D eigenvalue weighted by Crippen LogP contribution is 2.16. The first-order chi connectivity index (χ1) is 9.15. The molecular weight excluding hydrogens is 236 g/mol. The zero-order valence-electron chi connectivity index (χ0n) is 11.9. The number of hydrogen-bond donors (Lipinski definition) is 2. The summed E-state index contributed by atoms with van der Waals surface area (Å²) in [6.45, 7) is 6.29. The van der Waals surface area contributed by atoms with E-state index < -0.39 is 0 Å². The van der Waals surface area contributed by atoms with Crippen LogP contribution in [0.25, 0.3) is 0 Å². The molecule has 2 rings (SSSR count). The molecule has 0 saturated carbocycles. The van der Waals surface area contributed by atoms with Gasteiger partial charge in [-0.25, -0.2) is 0 Å². The molecule has 3 nitrogen and oxygen atoms in total. The summed E-state index contributed by atoms with van der Waals surface area (Å²) in [6, 6.07) is 8.43. The van der Waals surface area contributed by atoms with Gasteiger partial charge in [-0.3, -0.25) is 4.79 Å². The van der Waals surface area contributed by atoms with Crippen LogP contribution < -0.4 is 10.6 Å². The Bertz CT molecular complexity index is 407. The first kappa shape index (κ1) is 14.1. The summed E-state index contributed by atoms with van der Waals surface area (Å²) in [6.07, 6.45) is 2.85. The molecule has 1 saturated heterocycles. The first-order valence-corrected chi connectivity index (χ1v) is 7.22. The van der Waals surface area contributed by atoms with Gasteiger partial charge in [-0.2, -0.15) is 0 Å². The minimum atomic E-state index is 0.0924. The smallest absolute Gasteiger partial charge is 0.220 e. The summed E-state index contributed by atoms with van der Waals surface area (Å²) in [5, 5.41) is 6.42. The summed E-state index contributed by atoms with van der Waals surface area (Å²) in [5.74, 6) is 0.848. The van der Waals surface area contributed by atoms with Gasteiger partial charge in [0.25, 0.3) is 0 Å². The van der Waals surface area contributed by atoms with E-state index in [0.29, 0.717) is 12.3 Å². The second-order valence-electron chi connectivity index (χ2n) is 5.60. The van der Waals surface area contributed by atoms with E-state index in [-0.39, 0.29) is 11.9 Å². The van der Waals surface area contributed by atoms with Gasteiger partial charge in [-0.1, -0.05) is 29.8 Å². The van der Waals surface area contributed by atoms with Crippen LogP contribution in [0.1, 0.15) is 43.4 Å². The van der Waals surface area contributed by atoms with E-state index in [9.17, 15) is 4.79 Å². The van der Waals surface area contributed by atoms with Crippen LogP contribution in [0.15, 0.2) is 24.3 Å². The van der Waals surface area contributed by atoms with Crippen molar-refractivity contribution in [1.82, 2.24) is 10.6 Å². The lowest BCUT2D eigenvalue weighted by Gasteiger charge is -2.15. The van der Waals surface area contributed by atoms with Crippen LogP contribution in [-0.4, -0.2) is 19.0 Å². The molecule has 0 aromatic heterocycles. The zero-order valence-corrected chi connectivity index (χ0v) is 11.9. The van der Waals surface area contributed by atoms with Crippen molar-refractivity contribution in [2.45, 2.75) is 39.2 Å². The molecule has 1 heterocycles. The maximum absolute atomic E-state index is 11.9. The van der Waals surface area contributed by atoms with Crippen molar-refractivity contribution in [3.05, 3.63) is 35.4 Å². The highest BCUT2D eigenvalue weighted by molar-refractivity contribution is 5.76. The van der Waals surface area contributed by atoms with Gasteiger partial charge in [0.1, 0.15) is 0 Å². The molecule has 1 fully saturated rings. The second kappa shape index (κ2) is 6.71. The highest BCUT2D eigenvalue weighted by Gasteiger charge is 2.16.